The average Bonchev–Trinajstić information content (AvgIpc) is 2.93. The van der Waals surface area contributed by atoms with E-state index < -0.39 is 11.6 Å². The number of halogens is 2. The summed E-state index contributed by atoms with van der Waals surface area (Å²) < 4.78 is 38.9. The highest BCUT2D eigenvalue weighted by atomic mass is 19.1. The van der Waals surface area contributed by atoms with E-state index in [0.717, 1.165) is 17.7 Å². The Labute approximate surface area is 128 Å². The third-order valence-electron chi connectivity index (χ3n) is 3.82. The Morgan fingerprint density at radius 1 is 1.14 bits per heavy atom. The first-order valence-electron chi connectivity index (χ1n) is 6.99. The van der Waals surface area contributed by atoms with Gasteiger partial charge in [-0.2, -0.15) is 0 Å². The molecule has 116 valence electrons. The Kier molecular flexibility index (Phi) is 3.74. The van der Waals surface area contributed by atoms with Crippen LogP contribution < -0.4 is 9.47 Å². The number of ether oxygens (including phenoxy) is 2. The Balaban J connectivity index is 2.16. The molecule has 0 radical (unpaired) electrons. The number of methoxy groups -OCH3 is 1. The first kappa shape index (κ1) is 14.8. The van der Waals surface area contributed by atoms with Gasteiger partial charge in [-0.3, -0.25) is 4.90 Å². The molecule has 0 fully saturated rings. The summed E-state index contributed by atoms with van der Waals surface area (Å²) in [4.78, 5) is 1.94. The van der Waals surface area contributed by atoms with E-state index in [1.54, 1.807) is 13.2 Å². The normalized spacial score (nSPS) is 16.5. The molecule has 0 aliphatic carbocycles. The zero-order valence-electron chi connectivity index (χ0n) is 12.7. The van der Waals surface area contributed by atoms with E-state index in [-0.39, 0.29) is 11.8 Å². The van der Waals surface area contributed by atoms with E-state index in [9.17, 15) is 8.78 Å². The van der Waals surface area contributed by atoms with Gasteiger partial charge in [-0.15, -0.1) is 0 Å². The second-order valence-electron chi connectivity index (χ2n) is 5.53. The lowest BCUT2D eigenvalue weighted by Gasteiger charge is -2.19. The summed E-state index contributed by atoms with van der Waals surface area (Å²) in [6, 6.07) is 6.95. The number of rotatable bonds is 3. The molecule has 0 saturated heterocycles. The molecule has 1 unspecified atom stereocenters. The molecular formula is C17H17F2NO2. The zero-order chi connectivity index (χ0) is 15.9. The van der Waals surface area contributed by atoms with Gasteiger partial charge in [0.2, 0.25) is 0 Å². The largest absolute Gasteiger partial charge is 0.497 e. The third kappa shape index (κ3) is 2.52. The second kappa shape index (κ2) is 5.57. The lowest BCUT2D eigenvalue weighted by Crippen LogP contribution is -2.31. The summed E-state index contributed by atoms with van der Waals surface area (Å²) in [6.07, 6.45) is 0.543. The van der Waals surface area contributed by atoms with Crippen molar-refractivity contribution in [2.24, 2.45) is 0 Å². The van der Waals surface area contributed by atoms with Gasteiger partial charge in [-0.05, 0) is 44.4 Å². The molecular weight excluding hydrogens is 288 g/mol. The van der Waals surface area contributed by atoms with Crippen molar-refractivity contribution < 1.29 is 18.3 Å². The van der Waals surface area contributed by atoms with Crippen molar-refractivity contribution in [2.45, 2.75) is 12.6 Å². The standard InChI is InChI=1S/C17H17F2NO2/c1-20(2)16-7-10-6-12(21-3)9-14(17(10)22-16)13-8-11(18)4-5-15(13)19/h4-6,8-9,16H,7H2,1-3H3. The summed E-state index contributed by atoms with van der Waals surface area (Å²) in [5.41, 5.74) is 1.61. The van der Waals surface area contributed by atoms with Crippen LogP contribution in [0.5, 0.6) is 11.5 Å². The Morgan fingerprint density at radius 3 is 2.59 bits per heavy atom. The highest BCUT2D eigenvalue weighted by molar-refractivity contribution is 5.75. The SMILES string of the molecule is COc1cc2c(c(-c3cc(F)ccc3F)c1)OC(N(C)C)C2. The van der Waals surface area contributed by atoms with Gasteiger partial charge in [0.25, 0.3) is 0 Å². The van der Waals surface area contributed by atoms with Crippen LogP contribution in [0.1, 0.15) is 5.56 Å². The molecule has 3 nitrogen and oxygen atoms in total. The van der Waals surface area contributed by atoms with Crippen molar-refractivity contribution in [1.82, 2.24) is 4.90 Å². The van der Waals surface area contributed by atoms with Gasteiger partial charge in [0.1, 0.15) is 23.1 Å². The van der Waals surface area contributed by atoms with Crippen LogP contribution in [-0.4, -0.2) is 32.3 Å². The van der Waals surface area contributed by atoms with Crippen molar-refractivity contribution >= 4 is 0 Å². The molecule has 0 bridgehead atoms. The summed E-state index contributed by atoms with van der Waals surface area (Å²) >= 11 is 0. The molecule has 0 aromatic heterocycles. The van der Waals surface area contributed by atoms with Crippen molar-refractivity contribution in [3.8, 4) is 22.6 Å². The molecule has 0 spiro atoms. The van der Waals surface area contributed by atoms with E-state index in [2.05, 4.69) is 0 Å². The molecule has 1 aliphatic rings. The smallest absolute Gasteiger partial charge is 0.156 e. The summed E-state index contributed by atoms with van der Waals surface area (Å²) in [7, 11) is 5.37. The van der Waals surface area contributed by atoms with Crippen LogP contribution in [0.3, 0.4) is 0 Å². The van der Waals surface area contributed by atoms with Crippen LogP contribution in [0.2, 0.25) is 0 Å². The number of hydrogen-bond donors (Lipinski definition) is 0. The Hall–Kier alpha value is -2.14. The highest BCUT2D eigenvalue weighted by Crippen LogP contribution is 2.43. The van der Waals surface area contributed by atoms with Gasteiger partial charge < -0.3 is 9.47 Å². The van der Waals surface area contributed by atoms with Gasteiger partial charge in [-0.1, -0.05) is 0 Å². The van der Waals surface area contributed by atoms with Crippen molar-refractivity contribution in [3.63, 3.8) is 0 Å². The average molecular weight is 305 g/mol. The Bertz CT molecular complexity index is 716. The Morgan fingerprint density at radius 2 is 1.91 bits per heavy atom. The fraction of sp³-hybridized carbons (Fsp3) is 0.294. The maximum atomic E-state index is 14.1. The van der Waals surface area contributed by atoms with E-state index in [1.807, 2.05) is 25.1 Å². The lowest BCUT2D eigenvalue weighted by molar-refractivity contribution is 0.0866. The fourth-order valence-electron chi connectivity index (χ4n) is 2.63. The first-order valence-corrected chi connectivity index (χ1v) is 6.99. The summed E-state index contributed by atoms with van der Waals surface area (Å²) in [6.45, 7) is 0. The molecule has 2 aromatic carbocycles. The van der Waals surface area contributed by atoms with Crippen molar-refractivity contribution in [2.75, 3.05) is 21.2 Å². The van der Waals surface area contributed by atoms with Crippen molar-refractivity contribution in [3.05, 3.63) is 47.5 Å². The predicted molar refractivity (Wildman–Crippen MR) is 80.2 cm³/mol. The number of likely N-dealkylation sites (N-methyl/N-ethyl adjacent to an activating group) is 1. The molecule has 0 N–H and O–H groups in total. The minimum atomic E-state index is -0.492. The number of benzene rings is 2. The number of fused-ring (bicyclic) bond motifs is 1. The molecule has 1 atom stereocenters. The highest BCUT2D eigenvalue weighted by Gasteiger charge is 2.29. The molecule has 3 rings (SSSR count). The molecule has 1 heterocycles. The van der Waals surface area contributed by atoms with E-state index in [4.69, 9.17) is 9.47 Å². The minimum absolute atomic E-state index is 0.127. The number of nitrogens with zero attached hydrogens (tertiary/aromatic N) is 1. The molecule has 5 heteroatoms. The predicted octanol–water partition coefficient (Wildman–Crippen LogP) is 3.46. The van der Waals surface area contributed by atoms with E-state index in [0.29, 0.717) is 23.5 Å². The molecule has 1 aliphatic heterocycles. The molecule has 0 amide bonds. The van der Waals surface area contributed by atoms with Crippen LogP contribution in [-0.2, 0) is 6.42 Å². The topological polar surface area (TPSA) is 21.7 Å². The fourth-order valence-corrected chi connectivity index (χ4v) is 2.63. The first-order chi connectivity index (χ1) is 10.5. The zero-order valence-corrected chi connectivity index (χ0v) is 12.7. The van der Waals surface area contributed by atoms with Gasteiger partial charge in [0.15, 0.2) is 6.23 Å². The van der Waals surface area contributed by atoms with E-state index >= 15 is 0 Å². The van der Waals surface area contributed by atoms with Crippen LogP contribution >= 0.6 is 0 Å². The summed E-state index contributed by atoms with van der Waals surface area (Å²) in [5.74, 6) is 0.202. The van der Waals surface area contributed by atoms with Gasteiger partial charge >= 0.3 is 0 Å². The second-order valence-corrected chi connectivity index (χ2v) is 5.53. The molecule has 0 saturated carbocycles. The monoisotopic (exact) mass is 305 g/mol. The van der Waals surface area contributed by atoms with Crippen LogP contribution in [0, 0.1) is 11.6 Å². The van der Waals surface area contributed by atoms with Crippen molar-refractivity contribution in [1.29, 1.82) is 0 Å². The summed E-state index contributed by atoms with van der Waals surface area (Å²) in [5, 5.41) is 0. The number of hydrogen-bond acceptors (Lipinski definition) is 3. The lowest BCUT2D eigenvalue weighted by atomic mass is 9.99. The van der Waals surface area contributed by atoms with Gasteiger partial charge in [0.05, 0.1) is 7.11 Å². The molecule has 2 aromatic rings. The maximum Gasteiger partial charge on any atom is 0.156 e. The van der Waals surface area contributed by atoms with Gasteiger partial charge in [-0.25, -0.2) is 8.78 Å². The third-order valence-corrected chi connectivity index (χ3v) is 3.82. The minimum Gasteiger partial charge on any atom is -0.497 e. The van der Waals surface area contributed by atoms with Crippen LogP contribution in [0.25, 0.3) is 11.1 Å². The van der Waals surface area contributed by atoms with Gasteiger partial charge in [0, 0.05) is 23.1 Å². The maximum absolute atomic E-state index is 14.1. The quantitative estimate of drug-likeness (QED) is 0.867. The molecule has 22 heavy (non-hydrogen) atoms. The van der Waals surface area contributed by atoms with Crippen LogP contribution in [0.4, 0.5) is 8.78 Å². The van der Waals surface area contributed by atoms with Crippen LogP contribution in [0.15, 0.2) is 30.3 Å². The van der Waals surface area contributed by atoms with E-state index in [1.165, 1.54) is 6.07 Å².